The van der Waals surface area contributed by atoms with Crippen molar-refractivity contribution in [1.29, 1.82) is 0 Å². The summed E-state index contributed by atoms with van der Waals surface area (Å²) in [4.78, 5) is 0. The zero-order chi connectivity index (χ0) is 11.8. The van der Waals surface area contributed by atoms with Gasteiger partial charge in [-0.05, 0) is 42.4 Å². The predicted octanol–water partition coefficient (Wildman–Crippen LogP) is 2.65. The van der Waals surface area contributed by atoms with Gasteiger partial charge in [0.1, 0.15) is 5.82 Å². The van der Waals surface area contributed by atoms with Crippen LogP contribution in [0.15, 0.2) is 18.2 Å². The molecule has 0 heterocycles. The molecule has 1 saturated carbocycles. The van der Waals surface area contributed by atoms with Crippen molar-refractivity contribution in [3.8, 4) is 0 Å². The lowest BCUT2D eigenvalue weighted by Crippen LogP contribution is -2.42. The number of rotatable bonds is 4. The molecule has 1 aromatic rings. The Balaban J connectivity index is 2.13. The number of hydrogen-bond donors (Lipinski definition) is 2. The van der Waals surface area contributed by atoms with Crippen molar-refractivity contribution in [3.63, 3.8) is 0 Å². The van der Waals surface area contributed by atoms with E-state index >= 15 is 0 Å². The van der Waals surface area contributed by atoms with E-state index in [1.54, 1.807) is 6.07 Å². The van der Waals surface area contributed by atoms with Gasteiger partial charge in [-0.15, -0.1) is 0 Å². The van der Waals surface area contributed by atoms with Gasteiger partial charge in [0.2, 0.25) is 0 Å². The Morgan fingerprint density at radius 2 is 2.25 bits per heavy atom. The maximum Gasteiger partial charge on any atom is 0.124 e. The van der Waals surface area contributed by atoms with Gasteiger partial charge in [-0.2, -0.15) is 0 Å². The molecule has 0 amide bonds. The van der Waals surface area contributed by atoms with Crippen molar-refractivity contribution >= 4 is 11.6 Å². The third-order valence-electron chi connectivity index (χ3n) is 3.52. The second-order valence-corrected chi connectivity index (χ2v) is 5.22. The minimum absolute atomic E-state index is 0.204. The Morgan fingerprint density at radius 3 is 2.75 bits per heavy atom. The lowest BCUT2D eigenvalue weighted by molar-refractivity contribution is 0.359. The molecule has 1 aliphatic carbocycles. The molecule has 0 saturated heterocycles. The first-order valence-electron chi connectivity index (χ1n) is 5.45. The molecule has 0 aliphatic heterocycles. The molecule has 0 bridgehead atoms. The van der Waals surface area contributed by atoms with Gasteiger partial charge >= 0.3 is 0 Å². The summed E-state index contributed by atoms with van der Waals surface area (Å²) in [5.74, 6) is 5.26. The quantitative estimate of drug-likeness (QED) is 0.629. The molecule has 4 heteroatoms. The summed E-state index contributed by atoms with van der Waals surface area (Å²) in [6, 6.07) is 4.72. The van der Waals surface area contributed by atoms with Crippen LogP contribution in [0.1, 0.15) is 25.3 Å². The molecule has 0 spiro atoms. The number of nitrogens with one attached hydrogen (secondary N) is 1. The van der Waals surface area contributed by atoms with Gasteiger partial charge in [0.05, 0.1) is 0 Å². The first-order chi connectivity index (χ1) is 7.55. The second-order valence-electron chi connectivity index (χ2n) is 4.81. The van der Waals surface area contributed by atoms with Crippen molar-refractivity contribution in [1.82, 2.24) is 5.43 Å². The summed E-state index contributed by atoms with van der Waals surface area (Å²) in [5, 5.41) is 0.476. The fraction of sp³-hybridized carbons (Fsp3) is 0.500. The first-order valence-corrected chi connectivity index (χ1v) is 5.83. The minimum atomic E-state index is -0.302. The number of hydrazine groups is 1. The highest BCUT2D eigenvalue weighted by molar-refractivity contribution is 6.31. The maximum atomic E-state index is 12.9. The summed E-state index contributed by atoms with van der Waals surface area (Å²) in [6.45, 7) is 2.20. The third-order valence-corrected chi connectivity index (χ3v) is 3.87. The van der Waals surface area contributed by atoms with E-state index in [0.29, 0.717) is 5.02 Å². The second kappa shape index (κ2) is 4.32. The Labute approximate surface area is 99.9 Å². The van der Waals surface area contributed by atoms with E-state index in [1.807, 2.05) is 0 Å². The molecule has 1 fully saturated rings. The van der Waals surface area contributed by atoms with E-state index in [2.05, 4.69) is 12.3 Å². The molecule has 0 aromatic heterocycles. The highest BCUT2D eigenvalue weighted by Gasteiger charge is 2.44. The van der Waals surface area contributed by atoms with E-state index in [1.165, 1.54) is 25.0 Å². The largest absolute Gasteiger partial charge is 0.271 e. The first kappa shape index (κ1) is 11.8. The zero-order valence-corrected chi connectivity index (χ0v) is 10.0. The Bertz CT molecular complexity index is 391. The fourth-order valence-corrected chi connectivity index (χ4v) is 2.20. The average molecular weight is 243 g/mol. The number of halogens is 2. The number of nitrogens with two attached hydrogens (primary N) is 1. The lowest BCUT2D eigenvalue weighted by atomic mass is 9.93. The van der Waals surface area contributed by atoms with Gasteiger partial charge in [-0.25, -0.2) is 4.39 Å². The molecule has 88 valence electrons. The van der Waals surface area contributed by atoms with Crippen LogP contribution in [0.2, 0.25) is 5.02 Å². The summed E-state index contributed by atoms with van der Waals surface area (Å²) in [6.07, 6.45) is 3.10. The van der Waals surface area contributed by atoms with Gasteiger partial charge in [-0.3, -0.25) is 11.3 Å². The number of benzene rings is 1. The highest BCUT2D eigenvalue weighted by atomic mass is 35.5. The Hall–Kier alpha value is -0.640. The van der Waals surface area contributed by atoms with Crippen molar-refractivity contribution in [3.05, 3.63) is 34.6 Å². The van der Waals surface area contributed by atoms with Gasteiger partial charge in [-0.1, -0.05) is 24.6 Å². The molecule has 16 heavy (non-hydrogen) atoms. The van der Waals surface area contributed by atoms with Gasteiger partial charge in [0.25, 0.3) is 0 Å². The predicted molar refractivity (Wildman–Crippen MR) is 63.6 cm³/mol. The van der Waals surface area contributed by atoms with Crippen LogP contribution in [0.4, 0.5) is 4.39 Å². The average Bonchev–Trinajstić information content (AvgIpc) is 2.96. The van der Waals surface area contributed by atoms with Crippen molar-refractivity contribution in [2.45, 2.75) is 32.2 Å². The van der Waals surface area contributed by atoms with Crippen LogP contribution in [-0.2, 0) is 6.42 Å². The molecule has 1 unspecified atom stereocenters. The van der Waals surface area contributed by atoms with Crippen molar-refractivity contribution in [2.75, 3.05) is 0 Å². The Morgan fingerprint density at radius 1 is 1.56 bits per heavy atom. The number of hydrogen-bond acceptors (Lipinski definition) is 2. The van der Waals surface area contributed by atoms with Gasteiger partial charge in [0, 0.05) is 11.1 Å². The Kier molecular flexibility index (Phi) is 3.19. The summed E-state index contributed by atoms with van der Waals surface area (Å²) in [5.41, 5.74) is 4.06. The van der Waals surface area contributed by atoms with E-state index in [4.69, 9.17) is 17.4 Å². The van der Waals surface area contributed by atoms with Crippen LogP contribution in [0, 0.1) is 11.2 Å². The van der Waals surface area contributed by atoms with Crippen LogP contribution in [0.25, 0.3) is 0 Å². The van der Waals surface area contributed by atoms with E-state index in [-0.39, 0.29) is 17.3 Å². The highest BCUT2D eigenvalue weighted by Crippen LogP contribution is 2.48. The molecular formula is C12H16ClFN2. The van der Waals surface area contributed by atoms with Crippen LogP contribution < -0.4 is 11.3 Å². The zero-order valence-electron chi connectivity index (χ0n) is 9.26. The van der Waals surface area contributed by atoms with Crippen LogP contribution in [0.5, 0.6) is 0 Å². The molecule has 3 N–H and O–H groups in total. The topological polar surface area (TPSA) is 38.0 Å². The molecule has 1 aliphatic rings. The molecular weight excluding hydrogens is 227 g/mol. The van der Waals surface area contributed by atoms with E-state index in [9.17, 15) is 4.39 Å². The van der Waals surface area contributed by atoms with E-state index in [0.717, 1.165) is 12.0 Å². The van der Waals surface area contributed by atoms with Crippen LogP contribution >= 0.6 is 11.6 Å². The molecule has 2 nitrogen and oxygen atoms in total. The molecule has 1 atom stereocenters. The van der Waals surface area contributed by atoms with Crippen molar-refractivity contribution in [2.24, 2.45) is 11.3 Å². The monoisotopic (exact) mass is 242 g/mol. The SMILES string of the molecule is CC1(C(Cc2ccc(F)cc2Cl)NN)CC1. The molecule has 1 aromatic carbocycles. The standard InChI is InChI=1S/C12H16ClFN2/c1-12(4-5-12)11(16-15)6-8-2-3-9(14)7-10(8)13/h2-3,7,11,16H,4-6,15H2,1H3. The van der Waals surface area contributed by atoms with Gasteiger partial charge < -0.3 is 0 Å². The minimum Gasteiger partial charge on any atom is -0.271 e. The molecule has 2 rings (SSSR count). The van der Waals surface area contributed by atoms with E-state index < -0.39 is 0 Å². The normalized spacial score (nSPS) is 19.5. The maximum absolute atomic E-state index is 12.9. The summed E-state index contributed by atoms with van der Waals surface area (Å²) in [7, 11) is 0. The fourth-order valence-electron chi connectivity index (χ4n) is 1.96. The van der Waals surface area contributed by atoms with Crippen LogP contribution in [0.3, 0.4) is 0 Å². The smallest absolute Gasteiger partial charge is 0.124 e. The third kappa shape index (κ3) is 2.37. The lowest BCUT2D eigenvalue weighted by Gasteiger charge is -2.23. The summed E-state index contributed by atoms with van der Waals surface area (Å²) < 4.78 is 12.9. The van der Waals surface area contributed by atoms with Gasteiger partial charge in [0.15, 0.2) is 0 Å². The van der Waals surface area contributed by atoms with Crippen molar-refractivity contribution < 1.29 is 4.39 Å². The summed E-state index contributed by atoms with van der Waals surface area (Å²) >= 11 is 5.99. The van der Waals surface area contributed by atoms with Crippen LogP contribution in [-0.4, -0.2) is 6.04 Å². The molecule has 0 radical (unpaired) electrons.